The van der Waals surface area contributed by atoms with E-state index >= 15 is 0 Å². The van der Waals surface area contributed by atoms with Crippen molar-refractivity contribution in [1.82, 2.24) is 10.4 Å². The predicted molar refractivity (Wildman–Crippen MR) is 48.4 cm³/mol. The maximum absolute atomic E-state index is 5.93. The molecule has 1 N–H and O–H groups in total. The van der Waals surface area contributed by atoms with Crippen molar-refractivity contribution in [2.45, 2.75) is 6.42 Å². The lowest BCUT2D eigenvalue weighted by atomic mass is 10.2. The summed E-state index contributed by atoms with van der Waals surface area (Å²) in [6, 6.07) is 3.64. The number of pyridine rings is 1. The van der Waals surface area contributed by atoms with Crippen LogP contribution in [0.2, 0.25) is 5.02 Å². The Morgan fingerprint density at radius 2 is 2.42 bits per heavy atom. The first-order valence-corrected chi connectivity index (χ1v) is 4.16. The van der Waals surface area contributed by atoms with Crippen LogP contribution in [0.1, 0.15) is 12.1 Å². The molecule has 62 valence electrons. The lowest BCUT2D eigenvalue weighted by molar-refractivity contribution is 0.813. The van der Waals surface area contributed by atoms with Crippen LogP contribution in [0.4, 0.5) is 0 Å². The summed E-state index contributed by atoms with van der Waals surface area (Å²) in [4.78, 5) is 4.16. The molecule has 0 saturated heterocycles. The molecule has 2 heterocycles. The van der Waals surface area contributed by atoms with E-state index in [1.54, 1.807) is 6.20 Å². The van der Waals surface area contributed by atoms with E-state index in [2.05, 4.69) is 15.5 Å². The van der Waals surface area contributed by atoms with Crippen molar-refractivity contribution in [3.8, 4) is 0 Å². The Hall–Kier alpha value is -1.09. The van der Waals surface area contributed by atoms with E-state index in [1.807, 2.05) is 12.1 Å². The quantitative estimate of drug-likeness (QED) is 0.712. The minimum Gasteiger partial charge on any atom is -0.309 e. The fourth-order valence-corrected chi connectivity index (χ4v) is 1.38. The smallest absolute Gasteiger partial charge is 0.105 e. The van der Waals surface area contributed by atoms with Gasteiger partial charge in [0.2, 0.25) is 0 Å². The molecule has 2 rings (SSSR count). The van der Waals surface area contributed by atoms with Crippen LogP contribution in [-0.4, -0.2) is 17.2 Å². The van der Waals surface area contributed by atoms with E-state index in [9.17, 15) is 0 Å². The molecule has 3 nitrogen and oxygen atoms in total. The van der Waals surface area contributed by atoms with Gasteiger partial charge in [0, 0.05) is 19.2 Å². The van der Waals surface area contributed by atoms with Crippen molar-refractivity contribution < 1.29 is 0 Å². The van der Waals surface area contributed by atoms with Crippen molar-refractivity contribution in [1.29, 1.82) is 0 Å². The second-order valence-electron chi connectivity index (χ2n) is 2.55. The molecule has 0 radical (unpaired) electrons. The Kier molecular flexibility index (Phi) is 1.96. The molecule has 12 heavy (non-hydrogen) atoms. The van der Waals surface area contributed by atoms with E-state index in [0.717, 1.165) is 24.4 Å². The highest BCUT2D eigenvalue weighted by Crippen LogP contribution is 2.15. The second-order valence-corrected chi connectivity index (χ2v) is 2.96. The predicted octanol–water partition coefficient (Wildman–Crippen LogP) is 1.43. The van der Waals surface area contributed by atoms with Gasteiger partial charge in [-0.15, -0.1) is 0 Å². The Labute approximate surface area is 75.5 Å². The van der Waals surface area contributed by atoms with E-state index in [1.165, 1.54) is 0 Å². The molecule has 1 aromatic rings. The van der Waals surface area contributed by atoms with Gasteiger partial charge in [0.05, 0.1) is 10.7 Å². The highest BCUT2D eigenvalue weighted by Gasteiger charge is 2.12. The average molecular weight is 182 g/mol. The van der Waals surface area contributed by atoms with Crippen LogP contribution in [0.15, 0.2) is 23.4 Å². The molecule has 0 amide bonds. The molecule has 0 saturated carbocycles. The lowest BCUT2D eigenvalue weighted by Gasteiger charge is -1.99. The highest BCUT2D eigenvalue weighted by atomic mass is 35.5. The topological polar surface area (TPSA) is 37.3 Å². The van der Waals surface area contributed by atoms with E-state index < -0.39 is 0 Å². The summed E-state index contributed by atoms with van der Waals surface area (Å²) in [5.74, 6) is 0. The summed E-state index contributed by atoms with van der Waals surface area (Å²) >= 11 is 5.93. The largest absolute Gasteiger partial charge is 0.309 e. The van der Waals surface area contributed by atoms with Crippen LogP contribution in [-0.2, 0) is 0 Å². The number of hydrogen-bond acceptors (Lipinski definition) is 3. The fourth-order valence-electron chi connectivity index (χ4n) is 1.15. The summed E-state index contributed by atoms with van der Waals surface area (Å²) in [6.07, 6.45) is 2.62. The zero-order valence-electron chi connectivity index (χ0n) is 6.42. The lowest BCUT2D eigenvalue weighted by Crippen LogP contribution is -2.01. The maximum atomic E-state index is 5.93. The van der Waals surface area contributed by atoms with Gasteiger partial charge in [-0.25, -0.2) is 0 Å². The van der Waals surface area contributed by atoms with Crippen molar-refractivity contribution in [2.75, 3.05) is 6.54 Å². The normalized spacial score (nSPS) is 15.6. The Morgan fingerprint density at radius 1 is 1.50 bits per heavy atom. The molecule has 0 unspecified atom stereocenters. The minimum absolute atomic E-state index is 0.667. The van der Waals surface area contributed by atoms with Gasteiger partial charge >= 0.3 is 0 Å². The second kappa shape index (κ2) is 3.11. The van der Waals surface area contributed by atoms with Gasteiger partial charge in [0.1, 0.15) is 5.69 Å². The SMILES string of the molecule is Clc1cccnc1C1=NNCC1. The fraction of sp³-hybridized carbons (Fsp3) is 0.250. The van der Waals surface area contributed by atoms with Gasteiger partial charge in [0.15, 0.2) is 0 Å². The van der Waals surface area contributed by atoms with E-state index in [-0.39, 0.29) is 0 Å². The molecule has 0 atom stereocenters. The molecular weight excluding hydrogens is 174 g/mol. The number of aromatic nitrogens is 1. The van der Waals surface area contributed by atoms with Gasteiger partial charge in [-0.3, -0.25) is 4.98 Å². The number of hydrazone groups is 1. The number of hydrogen-bond donors (Lipinski definition) is 1. The van der Waals surface area contributed by atoms with Crippen molar-refractivity contribution in [3.05, 3.63) is 29.0 Å². The Bertz CT molecular complexity index is 322. The minimum atomic E-state index is 0.667. The molecule has 1 aliphatic rings. The summed E-state index contributed by atoms with van der Waals surface area (Å²) in [5.41, 5.74) is 4.63. The number of rotatable bonds is 1. The zero-order valence-corrected chi connectivity index (χ0v) is 7.17. The third kappa shape index (κ3) is 1.28. The van der Waals surface area contributed by atoms with Crippen molar-refractivity contribution in [3.63, 3.8) is 0 Å². The highest BCUT2D eigenvalue weighted by molar-refractivity contribution is 6.33. The van der Waals surface area contributed by atoms with Crippen LogP contribution in [0.3, 0.4) is 0 Å². The maximum Gasteiger partial charge on any atom is 0.105 e. The standard InChI is InChI=1S/C8H8ClN3/c9-6-2-1-4-10-8(6)7-3-5-11-12-7/h1-2,4,11H,3,5H2. The van der Waals surface area contributed by atoms with Gasteiger partial charge in [0.25, 0.3) is 0 Å². The Balaban J connectivity index is 2.39. The first kappa shape index (κ1) is 7.55. The van der Waals surface area contributed by atoms with Gasteiger partial charge in [-0.05, 0) is 12.1 Å². The Morgan fingerprint density at radius 3 is 3.08 bits per heavy atom. The molecule has 0 fully saturated rings. The van der Waals surface area contributed by atoms with Crippen LogP contribution >= 0.6 is 11.6 Å². The molecule has 1 aromatic heterocycles. The number of nitrogens with one attached hydrogen (secondary N) is 1. The van der Waals surface area contributed by atoms with Crippen LogP contribution in [0.5, 0.6) is 0 Å². The summed E-state index contributed by atoms with van der Waals surface area (Å²) in [7, 11) is 0. The zero-order chi connectivity index (χ0) is 8.39. The summed E-state index contributed by atoms with van der Waals surface area (Å²) in [5, 5.41) is 4.75. The van der Waals surface area contributed by atoms with Crippen molar-refractivity contribution in [2.24, 2.45) is 5.10 Å². The van der Waals surface area contributed by atoms with Crippen LogP contribution in [0.25, 0.3) is 0 Å². The molecule has 0 aromatic carbocycles. The summed E-state index contributed by atoms with van der Waals surface area (Å²) in [6.45, 7) is 0.877. The number of nitrogens with zero attached hydrogens (tertiary/aromatic N) is 2. The van der Waals surface area contributed by atoms with E-state index in [0.29, 0.717) is 5.02 Å². The molecule has 0 spiro atoms. The van der Waals surface area contributed by atoms with Gasteiger partial charge < -0.3 is 5.43 Å². The van der Waals surface area contributed by atoms with Crippen LogP contribution in [0, 0.1) is 0 Å². The number of halogens is 1. The average Bonchev–Trinajstić information content (AvgIpc) is 2.57. The first-order valence-electron chi connectivity index (χ1n) is 3.78. The third-order valence-electron chi connectivity index (χ3n) is 1.72. The molecule has 0 bridgehead atoms. The molecule has 4 heteroatoms. The van der Waals surface area contributed by atoms with Gasteiger partial charge in [-0.1, -0.05) is 11.6 Å². The van der Waals surface area contributed by atoms with Crippen LogP contribution < -0.4 is 5.43 Å². The van der Waals surface area contributed by atoms with Crippen molar-refractivity contribution >= 4 is 17.3 Å². The summed E-state index contributed by atoms with van der Waals surface area (Å²) < 4.78 is 0. The monoisotopic (exact) mass is 181 g/mol. The first-order chi connectivity index (χ1) is 5.88. The molecule has 0 aliphatic carbocycles. The third-order valence-corrected chi connectivity index (χ3v) is 2.02. The molecule has 1 aliphatic heterocycles. The van der Waals surface area contributed by atoms with E-state index in [4.69, 9.17) is 11.6 Å². The van der Waals surface area contributed by atoms with Gasteiger partial charge in [-0.2, -0.15) is 5.10 Å². The molecular formula is C8H8ClN3.